The summed E-state index contributed by atoms with van der Waals surface area (Å²) >= 11 is 0. The van der Waals surface area contributed by atoms with Gasteiger partial charge in [-0.15, -0.1) is 0 Å². The van der Waals surface area contributed by atoms with Gasteiger partial charge >= 0.3 is 6.09 Å². The fourth-order valence-corrected chi connectivity index (χ4v) is 2.42. The van der Waals surface area contributed by atoms with E-state index in [0.29, 0.717) is 23.6 Å². The molecule has 1 heterocycles. The highest BCUT2D eigenvalue weighted by Crippen LogP contribution is 2.28. The summed E-state index contributed by atoms with van der Waals surface area (Å²) in [6.07, 6.45) is -0.516. The fraction of sp³-hybridized carbons (Fsp3) is 0.118. The summed E-state index contributed by atoms with van der Waals surface area (Å²) in [6, 6.07) is 12.3. The van der Waals surface area contributed by atoms with Crippen molar-refractivity contribution in [2.24, 2.45) is 5.73 Å². The Morgan fingerprint density at radius 2 is 2.08 bits per heavy atom. The number of anilines is 1. The maximum absolute atomic E-state index is 11.5. The zero-order valence-corrected chi connectivity index (χ0v) is 13.0. The van der Waals surface area contributed by atoms with Gasteiger partial charge in [0.2, 0.25) is 5.91 Å². The lowest BCUT2D eigenvalue weighted by Gasteiger charge is -2.06. The number of nitrogens with two attached hydrogens (primary N) is 1. The molecule has 24 heavy (non-hydrogen) atoms. The Hall–Kier alpha value is -3.35. The number of amides is 2. The number of carbonyl (C=O) groups excluding carboxylic acids is 2. The van der Waals surface area contributed by atoms with Crippen molar-refractivity contribution in [3.8, 4) is 11.3 Å². The van der Waals surface area contributed by atoms with Crippen LogP contribution < -0.4 is 11.1 Å². The first-order chi connectivity index (χ1) is 11.6. The molecule has 0 bridgehead atoms. The number of hydrogen-bond acceptors (Lipinski definition) is 4. The lowest BCUT2D eigenvalue weighted by atomic mass is 10.0. The van der Waals surface area contributed by atoms with E-state index >= 15 is 0 Å². The first-order valence-electron chi connectivity index (χ1n) is 7.40. The molecule has 0 saturated heterocycles. The number of primary amides is 1. The summed E-state index contributed by atoms with van der Waals surface area (Å²) in [6.45, 7) is 2.04. The second kappa shape index (κ2) is 6.41. The number of nitrogens with zero attached hydrogens (tertiary/aromatic N) is 1. The molecule has 3 aromatic rings. The number of hydrogen-bond donors (Lipinski definition) is 3. The van der Waals surface area contributed by atoms with Crippen LogP contribution in [0.3, 0.4) is 0 Å². The number of fused-ring (bicyclic) bond motifs is 1. The maximum atomic E-state index is 11.5. The third-order valence-electron chi connectivity index (χ3n) is 3.51. The van der Waals surface area contributed by atoms with Gasteiger partial charge in [-0.1, -0.05) is 12.1 Å². The maximum Gasteiger partial charge on any atom is 0.411 e. The minimum atomic E-state index is -0.516. The van der Waals surface area contributed by atoms with Gasteiger partial charge in [-0.05, 0) is 37.3 Å². The van der Waals surface area contributed by atoms with Crippen molar-refractivity contribution in [3.05, 3.63) is 48.0 Å². The van der Waals surface area contributed by atoms with Crippen molar-refractivity contribution in [2.75, 3.05) is 11.9 Å². The van der Waals surface area contributed by atoms with Crippen molar-refractivity contribution in [1.82, 2.24) is 10.2 Å². The number of nitrogens with one attached hydrogen (secondary N) is 2. The summed E-state index contributed by atoms with van der Waals surface area (Å²) in [7, 11) is 0. The highest BCUT2D eigenvalue weighted by molar-refractivity contribution is 6.01. The highest BCUT2D eigenvalue weighted by atomic mass is 16.5. The molecule has 2 amide bonds. The van der Waals surface area contributed by atoms with E-state index in [0.717, 1.165) is 16.5 Å². The number of aromatic nitrogens is 2. The van der Waals surface area contributed by atoms with Crippen LogP contribution in [-0.2, 0) is 4.74 Å². The molecule has 0 atom stereocenters. The molecule has 0 spiro atoms. The molecule has 122 valence electrons. The Labute approximate surface area is 137 Å². The summed E-state index contributed by atoms with van der Waals surface area (Å²) in [4.78, 5) is 22.9. The normalized spacial score (nSPS) is 10.5. The van der Waals surface area contributed by atoms with Crippen LogP contribution in [0.4, 0.5) is 10.5 Å². The number of H-pyrrole nitrogens is 1. The molecule has 7 heteroatoms. The topological polar surface area (TPSA) is 110 Å². The van der Waals surface area contributed by atoms with Crippen LogP contribution in [0.25, 0.3) is 22.2 Å². The molecule has 0 unspecified atom stereocenters. The predicted molar refractivity (Wildman–Crippen MR) is 90.7 cm³/mol. The molecule has 0 aliphatic heterocycles. The van der Waals surface area contributed by atoms with Gasteiger partial charge in [-0.2, -0.15) is 5.10 Å². The molecule has 1 aromatic heterocycles. The predicted octanol–water partition coefficient (Wildman–Crippen LogP) is 2.90. The molecule has 0 radical (unpaired) electrons. The summed E-state index contributed by atoms with van der Waals surface area (Å²) < 4.78 is 4.87. The SMILES string of the molecule is CCOC(=O)Nc1cccc(-c2n[nH]c3ccc(C(N)=O)cc23)c1. The molecule has 7 nitrogen and oxygen atoms in total. The van der Waals surface area contributed by atoms with E-state index in [1.807, 2.05) is 6.07 Å². The average Bonchev–Trinajstić information content (AvgIpc) is 2.98. The molecule has 0 fully saturated rings. The third-order valence-corrected chi connectivity index (χ3v) is 3.51. The van der Waals surface area contributed by atoms with Crippen LogP contribution in [0.2, 0.25) is 0 Å². The van der Waals surface area contributed by atoms with E-state index < -0.39 is 12.0 Å². The van der Waals surface area contributed by atoms with Gasteiger partial charge in [0.15, 0.2) is 0 Å². The van der Waals surface area contributed by atoms with Crippen LogP contribution in [0.15, 0.2) is 42.5 Å². The van der Waals surface area contributed by atoms with Crippen molar-refractivity contribution >= 4 is 28.6 Å². The van der Waals surface area contributed by atoms with Crippen LogP contribution >= 0.6 is 0 Å². The minimum absolute atomic E-state index is 0.297. The number of benzene rings is 2. The molecule has 2 aromatic carbocycles. The lowest BCUT2D eigenvalue weighted by Crippen LogP contribution is -2.13. The van der Waals surface area contributed by atoms with Gasteiger partial charge in [0.25, 0.3) is 0 Å². The number of rotatable bonds is 4. The van der Waals surface area contributed by atoms with Crippen LogP contribution in [0.1, 0.15) is 17.3 Å². The van der Waals surface area contributed by atoms with Gasteiger partial charge in [-0.25, -0.2) is 4.79 Å². The van der Waals surface area contributed by atoms with E-state index in [1.165, 1.54) is 0 Å². The quantitative estimate of drug-likeness (QED) is 0.685. The van der Waals surface area contributed by atoms with Gasteiger partial charge < -0.3 is 10.5 Å². The van der Waals surface area contributed by atoms with E-state index in [-0.39, 0.29) is 0 Å². The summed E-state index contributed by atoms with van der Waals surface area (Å²) in [5.41, 5.74) is 8.58. The average molecular weight is 324 g/mol. The van der Waals surface area contributed by atoms with Crippen molar-refractivity contribution in [2.45, 2.75) is 6.92 Å². The molecular weight excluding hydrogens is 308 g/mol. The largest absolute Gasteiger partial charge is 0.450 e. The zero-order valence-electron chi connectivity index (χ0n) is 13.0. The standard InChI is InChI=1S/C17H16N4O3/c1-2-24-17(23)19-12-5-3-4-10(8-12)15-13-9-11(16(18)22)6-7-14(13)20-21-15/h3-9H,2H2,1H3,(H2,18,22)(H,19,23)(H,20,21). The van der Waals surface area contributed by atoms with Crippen molar-refractivity contribution in [1.29, 1.82) is 0 Å². The van der Waals surface area contributed by atoms with E-state index in [4.69, 9.17) is 10.5 Å². The monoisotopic (exact) mass is 324 g/mol. The Balaban J connectivity index is 1.99. The molecule has 0 saturated carbocycles. The molecular formula is C17H16N4O3. The minimum Gasteiger partial charge on any atom is -0.450 e. The van der Waals surface area contributed by atoms with E-state index in [9.17, 15) is 9.59 Å². The Morgan fingerprint density at radius 3 is 2.83 bits per heavy atom. The number of aromatic amines is 1. The van der Waals surface area contributed by atoms with E-state index in [1.54, 1.807) is 43.3 Å². The van der Waals surface area contributed by atoms with Crippen LogP contribution in [0, 0.1) is 0 Å². The Morgan fingerprint density at radius 1 is 1.25 bits per heavy atom. The fourth-order valence-electron chi connectivity index (χ4n) is 2.42. The molecule has 4 N–H and O–H groups in total. The van der Waals surface area contributed by atoms with E-state index in [2.05, 4.69) is 15.5 Å². The second-order valence-corrected chi connectivity index (χ2v) is 5.12. The lowest BCUT2D eigenvalue weighted by molar-refractivity contribution is 0.100. The number of carbonyl (C=O) groups is 2. The smallest absolute Gasteiger partial charge is 0.411 e. The number of ether oxygens (including phenoxy) is 1. The first kappa shape index (κ1) is 15.5. The summed E-state index contributed by atoms with van der Waals surface area (Å²) in [5.74, 6) is -0.498. The van der Waals surface area contributed by atoms with Gasteiger partial charge in [-0.3, -0.25) is 15.2 Å². The van der Waals surface area contributed by atoms with Gasteiger partial charge in [0.1, 0.15) is 0 Å². The van der Waals surface area contributed by atoms with Gasteiger partial charge in [0.05, 0.1) is 17.8 Å². The Kier molecular flexibility index (Phi) is 4.15. The molecule has 0 aliphatic rings. The molecule has 0 aliphatic carbocycles. The Bertz CT molecular complexity index is 917. The summed E-state index contributed by atoms with van der Waals surface area (Å²) in [5, 5.41) is 10.6. The second-order valence-electron chi connectivity index (χ2n) is 5.12. The third kappa shape index (κ3) is 3.05. The van der Waals surface area contributed by atoms with Crippen molar-refractivity contribution < 1.29 is 14.3 Å². The zero-order chi connectivity index (χ0) is 17.1. The van der Waals surface area contributed by atoms with Crippen molar-refractivity contribution in [3.63, 3.8) is 0 Å². The molecule has 3 rings (SSSR count). The first-order valence-corrected chi connectivity index (χ1v) is 7.40. The van der Waals surface area contributed by atoms with Crippen LogP contribution in [-0.4, -0.2) is 28.8 Å². The highest BCUT2D eigenvalue weighted by Gasteiger charge is 2.12. The van der Waals surface area contributed by atoms with Gasteiger partial charge in [0, 0.05) is 22.2 Å². The van der Waals surface area contributed by atoms with Crippen LogP contribution in [0.5, 0.6) is 0 Å².